The van der Waals surface area contributed by atoms with E-state index in [9.17, 15) is 8.42 Å². The quantitative estimate of drug-likeness (QED) is 0.105. The minimum absolute atomic E-state index is 0.0601. The fraction of sp³-hybridized carbons (Fsp3) is 0.667. The standard InChI is InChI=1S/C21H34N6O3S/c22-18-25-21(26-20-10-14-23-15-11-20)24-13-6-1-2-7-17-31(28,29)27-30-16-12-19-8-4-3-5-9-19/h10-11,14-15,19,27H,1-9,12-13,16-17H2,(H2,23,24,25,26). The molecule has 0 saturated heterocycles. The largest absolute Gasteiger partial charge is 0.325 e. The molecular weight excluding hydrogens is 416 g/mol. The molecule has 1 aromatic rings. The molecule has 1 heterocycles. The minimum atomic E-state index is -3.39. The Morgan fingerprint density at radius 2 is 1.90 bits per heavy atom. The van der Waals surface area contributed by atoms with Gasteiger partial charge in [-0.3, -0.25) is 20.1 Å². The molecule has 3 N–H and O–H groups in total. The van der Waals surface area contributed by atoms with Crippen molar-refractivity contribution < 1.29 is 13.3 Å². The number of aromatic nitrogens is 1. The fourth-order valence-corrected chi connectivity index (χ4v) is 4.49. The zero-order valence-corrected chi connectivity index (χ0v) is 18.9. The lowest BCUT2D eigenvalue weighted by Gasteiger charge is -2.21. The summed E-state index contributed by atoms with van der Waals surface area (Å²) in [5.74, 6) is 1.11. The maximum Gasteiger partial charge on any atom is 0.233 e. The molecule has 172 valence electrons. The molecule has 0 atom stereocenters. The van der Waals surface area contributed by atoms with Crippen molar-refractivity contribution in [3.63, 3.8) is 0 Å². The Balaban J connectivity index is 1.53. The molecule has 0 spiro atoms. The first-order valence-electron chi connectivity index (χ1n) is 11.1. The number of unbranched alkanes of at least 4 members (excludes halogenated alkanes) is 3. The van der Waals surface area contributed by atoms with Crippen molar-refractivity contribution >= 4 is 21.7 Å². The van der Waals surface area contributed by atoms with Crippen molar-refractivity contribution in [3.8, 4) is 6.19 Å². The predicted octanol–water partition coefficient (Wildman–Crippen LogP) is 3.30. The molecule has 1 aliphatic carbocycles. The maximum absolute atomic E-state index is 12.0. The molecule has 0 unspecified atom stereocenters. The normalized spacial score (nSPS) is 15.4. The van der Waals surface area contributed by atoms with E-state index in [-0.39, 0.29) is 5.75 Å². The molecule has 10 heteroatoms. The Labute approximate surface area is 185 Å². The summed E-state index contributed by atoms with van der Waals surface area (Å²) < 4.78 is 24.0. The molecule has 2 rings (SSSR count). The summed E-state index contributed by atoms with van der Waals surface area (Å²) in [7, 11) is -3.39. The van der Waals surface area contributed by atoms with Crippen molar-refractivity contribution in [3.05, 3.63) is 24.5 Å². The van der Waals surface area contributed by atoms with Gasteiger partial charge in [0.05, 0.1) is 12.4 Å². The van der Waals surface area contributed by atoms with Crippen molar-refractivity contribution in [2.45, 2.75) is 64.2 Å². The van der Waals surface area contributed by atoms with E-state index in [1.165, 1.54) is 32.1 Å². The first kappa shape index (κ1) is 25.0. The van der Waals surface area contributed by atoms with Crippen molar-refractivity contribution in [1.29, 1.82) is 5.26 Å². The van der Waals surface area contributed by atoms with Gasteiger partial charge >= 0.3 is 0 Å². The minimum Gasteiger partial charge on any atom is -0.325 e. The van der Waals surface area contributed by atoms with Gasteiger partial charge in [0, 0.05) is 24.6 Å². The van der Waals surface area contributed by atoms with Crippen LogP contribution >= 0.6 is 0 Å². The van der Waals surface area contributed by atoms with Gasteiger partial charge in [-0.05, 0) is 37.3 Å². The van der Waals surface area contributed by atoms with Crippen LogP contribution in [0.1, 0.15) is 64.2 Å². The summed E-state index contributed by atoms with van der Waals surface area (Å²) in [6, 6.07) is 3.56. The number of aliphatic imine (C=N–C) groups is 1. The van der Waals surface area contributed by atoms with Gasteiger partial charge in [-0.15, -0.1) is 0 Å². The van der Waals surface area contributed by atoms with Gasteiger partial charge in [-0.2, -0.15) is 5.26 Å². The number of anilines is 1. The number of rotatable bonds is 13. The molecule has 1 saturated carbocycles. The smallest absolute Gasteiger partial charge is 0.233 e. The summed E-state index contributed by atoms with van der Waals surface area (Å²) in [6.45, 7) is 0.978. The van der Waals surface area contributed by atoms with Crippen LogP contribution in [0.5, 0.6) is 0 Å². The summed E-state index contributed by atoms with van der Waals surface area (Å²) in [4.78, 5) is 15.7. The van der Waals surface area contributed by atoms with E-state index < -0.39 is 10.0 Å². The molecule has 0 amide bonds. The highest BCUT2D eigenvalue weighted by atomic mass is 32.2. The van der Waals surface area contributed by atoms with Gasteiger partial charge in [0.1, 0.15) is 0 Å². The third-order valence-corrected chi connectivity index (χ3v) is 6.45. The van der Waals surface area contributed by atoms with Gasteiger partial charge in [0.15, 0.2) is 6.19 Å². The van der Waals surface area contributed by atoms with Gasteiger partial charge in [-0.1, -0.05) is 49.8 Å². The monoisotopic (exact) mass is 450 g/mol. The average molecular weight is 451 g/mol. The lowest BCUT2D eigenvalue weighted by atomic mass is 9.87. The topological polar surface area (TPSA) is 128 Å². The number of hydrogen-bond donors (Lipinski definition) is 3. The second kappa shape index (κ2) is 14.7. The Hall–Kier alpha value is -2.22. The average Bonchev–Trinajstić information content (AvgIpc) is 2.77. The number of nitrogens with one attached hydrogen (secondary N) is 3. The van der Waals surface area contributed by atoms with Crippen LogP contribution in [-0.4, -0.2) is 38.3 Å². The van der Waals surface area contributed by atoms with E-state index in [0.717, 1.165) is 31.4 Å². The number of pyridine rings is 1. The Bertz CT molecular complexity index is 789. The van der Waals surface area contributed by atoms with Gasteiger partial charge < -0.3 is 5.32 Å². The van der Waals surface area contributed by atoms with Crippen molar-refractivity contribution in [1.82, 2.24) is 15.2 Å². The third-order valence-electron chi connectivity index (χ3n) is 5.25. The number of guanidine groups is 1. The zero-order valence-electron chi connectivity index (χ0n) is 18.1. The van der Waals surface area contributed by atoms with Crippen molar-refractivity contribution in [2.24, 2.45) is 10.9 Å². The first-order chi connectivity index (χ1) is 15.1. The van der Waals surface area contributed by atoms with Crippen LogP contribution in [0.25, 0.3) is 0 Å². The number of sulfonamides is 1. The van der Waals surface area contributed by atoms with E-state index >= 15 is 0 Å². The zero-order chi connectivity index (χ0) is 22.2. The number of nitrogens with zero attached hydrogens (tertiary/aromatic N) is 3. The Morgan fingerprint density at radius 3 is 2.65 bits per heavy atom. The van der Waals surface area contributed by atoms with Crippen LogP contribution in [0.2, 0.25) is 0 Å². The summed E-state index contributed by atoms with van der Waals surface area (Å²) in [5.41, 5.74) is 0.787. The fourth-order valence-electron chi connectivity index (χ4n) is 3.56. The summed E-state index contributed by atoms with van der Waals surface area (Å²) in [5, 5.41) is 14.4. The predicted molar refractivity (Wildman–Crippen MR) is 121 cm³/mol. The van der Waals surface area contributed by atoms with Gasteiger partial charge in [0.25, 0.3) is 0 Å². The molecule has 0 aromatic carbocycles. The highest BCUT2D eigenvalue weighted by Crippen LogP contribution is 2.25. The molecule has 0 bridgehead atoms. The van der Waals surface area contributed by atoms with E-state index in [1.807, 2.05) is 6.19 Å². The van der Waals surface area contributed by atoms with Crippen LogP contribution in [-0.2, 0) is 14.9 Å². The molecule has 31 heavy (non-hydrogen) atoms. The van der Waals surface area contributed by atoms with E-state index in [2.05, 4.69) is 25.5 Å². The lowest BCUT2D eigenvalue weighted by Crippen LogP contribution is -2.27. The molecule has 1 fully saturated rings. The lowest BCUT2D eigenvalue weighted by molar-refractivity contribution is 0.0771. The second-order valence-electron chi connectivity index (χ2n) is 7.79. The van der Waals surface area contributed by atoms with E-state index in [0.29, 0.717) is 31.4 Å². The van der Waals surface area contributed by atoms with Crippen LogP contribution in [0.3, 0.4) is 0 Å². The van der Waals surface area contributed by atoms with Crippen molar-refractivity contribution in [2.75, 3.05) is 24.2 Å². The summed E-state index contributed by atoms with van der Waals surface area (Å²) in [6.07, 6.45) is 15.4. The van der Waals surface area contributed by atoms with E-state index in [4.69, 9.17) is 10.1 Å². The molecule has 1 aromatic heterocycles. The molecule has 9 nitrogen and oxygen atoms in total. The van der Waals surface area contributed by atoms with Gasteiger partial charge in [-0.25, -0.2) is 8.42 Å². The summed E-state index contributed by atoms with van der Waals surface area (Å²) >= 11 is 0. The Kier molecular flexibility index (Phi) is 11.9. The Morgan fingerprint density at radius 1 is 1.16 bits per heavy atom. The highest BCUT2D eigenvalue weighted by Gasteiger charge is 2.14. The number of hydrogen-bond acceptors (Lipinski definition) is 6. The number of nitriles is 1. The third kappa shape index (κ3) is 11.7. The molecule has 0 aliphatic heterocycles. The maximum atomic E-state index is 12.0. The highest BCUT2D eigenvalue weighted by molar-refractivity contribution is 7.89. The van der Waals surface area contributed by atoms with E-state index in [1.54, 1.807) is 24.5 Å². The van der Waals surface area contributed by atoms with Crippen LogP contribution in [0, 0.1) is 17.4 Å². The SMILES string of the molecule is N#CNC(=NCCCCCCS(=O)(=O)NOCCC1CCCCC1)Nc1ccncc1. The van der Waals surface area contributed by atoms with Gasteiger partial charge in [0.2, 0.25) is 16.0 Å². The van der Waals surface area contributed by atoms with Crippen LogP contribution in [0.4, 0.5) is 5.69 Å². The second-order valence-corrected chi connectivity index (χ2v) is 9.59. The molecular formula is C21H34N6O3S. The van der Waals surface area contributed by atoms with Crippen LogP contribution < -0.4 is 15.5 Å². The molecule has 1 aliphatic rings. The van der Waals surface area contributed by atoms with Crippen LogP contribution in [0.15, 0.2) is 29.5 Å². The molecule has 0 radical (unpaired) electrons. The first-order valence-corrected chi connectivity index (χ1v) is 12.7.